The van der Waals surface area contributed by atoms with Crippen molar-refractivity contribution in [3.63, 3.8) is 0 Å². The molecule has 2 unspecified atom stereocenters. The second-order valence-electron chi connectivity index (χ2n) is 3.55. The van der Waals surface area contributed by atoms with Gasteiger partial charge in [0.2, 0.25) is 0 Å². The first-order valence-corrected chi connectivity index (χ1v) is 4.02. The van der Waals surface area contributed by atoms with Crippen LogP contribution < -0.4 is 0 Å². The van der Waals surface area contributed by atoms with E-state index in [2.05, 4.69) is 0 Å². The quantitative estimate of drug-likeness (QED) is 0.599. The lowest BCUT2D eigenvalue weighted by Crippen LogP contribution is -2.45. The van der Waals surface area contributed by atoms with Crippen LogP contribution in [-0.2, 0) is 4.79 Å². The molecule has 0 heterocycles. The van der Waals surface area contributed by atoms with Gasteiger partial charge in [0.1, 0.15) is 0 Å². The summed E-state index contributed by atoms with van der Waals surface area (Å²) in [6, 6.07) is 0. The van der Waals surface area contributed by atoms with Crippen LogP contribution in [0.4, 0.5) is 0 Å². The SMILES string of the molecule is O=C(O)C1C2CCCC1C2. The molecule has 3 rings (SSSR count). The number of aliphatic carboxylic acids is 1. The maximum atomic E-state index is 10.6. The smallest absolute Gasteiger partial charge is 0.307 e. The van der Waals surface area contributed by atoms with Crippen molar-refractivity contribution in [3.8, 4) is 0 Å². The third-order valence-corrected chi connectivity index (χ3v) is 3.06. The average molecular weight is 140 g/mol. The standard InChI is InChI=1S/C8H12O2/c9-8(10)7-5-2-1-3-6(7)4-5/h5-7H,1-4H2,(H,9,10). The Bertz CT molecular complexity index is 151. The molecule has 0 aromatic rings. The van der Waals surface area contributed by atoms with Crippen molar-refractivity contribution in [2.45, 2.75) is 25.7 Å². The summed E-state index contributed by atoms with van der Waals surface area (Å²) in [7, 11) is 0. The first kappa shape index (κ1) is 6.20. The Hall–Kier alpha value is -0.530. The van der Waals surface area contributed by atoms with Gasteiger partial charge in [0.25, 0.3) is 0 Å². The summed E-state index contributed by atoms with van der Waals surface area (Å²) in [5.74, 6) is 0.558. The van der Waals surface area contributed by atoms with E-state index in [1.807, 2.05) is 0 Å². The van der Waals surface area contributed by atoms with Crippen molar-refractivity contribution in [2.24, 2.45) is 17.8 Å². The molecule has 0 radical (unpaired) electrons. The minimum atomic E-state index is -0.555. The molecule has 3 saturated carbocycles. The van der Waals surface area contributed by atoms with E-state index in [-0.39, 0.29) is 5.92 Å². The van der Waals surface area contributed by atoms with E-state index < -0.39 is 5.97 Å². The van der Waals surface area contributed by atoms with Crippen LogP contribution >= 0.6 is 0 Å². The summed E-state index contributed by atoms with van der Waals surface area (Å²) in [5, 5.41) is 8.74. The predicted molar refractivity (Wildman–Crippen MR) is 36.6 cm³/mol. The number of fused-ring (bicyclic) bond motifs is 2. The largest absolute Gasteiger partial charge is 0.481 e. The third kappa shape index (κ3) is 0.678. The van der Waals surface area contributed by atoms with Crippen LogP contribution in [0.25, 0.3) is 0 Å². The van der Waals surface area contributed by atoms with Crippen LogP contribution in [0.1, 0.15) is 25.7 Å². The van der Waals surface area contributed by atoms with Crippen LogP contribution in [0.5, 0.6) is 0 Å². The van der Waals surface area contributed by atoms with E-state index in [1.54, 1.807) is 0 Å². The maximum Gasteiger partial charge on any atom is 0.307 e. The Kier molecular flexibility index (Phi) is 1.22. The molecule has 0 spiro atoms. The molecule has 10 heavy (non-hydrogen) atoms. The highest BCUT2D eigenvalue weighted by atomic mass is 16.4. The van der Waals surface area contributed by atoms with Gasteiger partial charge in [-0.3, -0.25) is 4.79 Å². The van der Waals surface area contributed by atoms with Gasteiger partial charge in [-0.1, -0.05) is 6.42 Å². The van der Waals surface area contributed by atoms with Gasteiger partial charge < -0.3 is 5.11 Å². The van der Waals surface area contributed by atoms with E-state index in [0.717, 1.165) is 12.8 Å². The van der Waals surface area contributed by atoms with Crippen molar-refractivity contribution in [1.82, 2.24) is 0 Å². The maximum absolute atomic E-state index is 10.6. The predicted octanol–water partition coefficient (Wildman–Crippen LogP) is 1.51. The lowest BCUT2D eigenvalue weighted by Gasteiger charge is -2.46. The van der Waals surface area contributed by atoms with Gasteiger partial charge in [-0.15, -0.1) is 0 Å². The summed E-state index contributed by atoms with van der Waals surface area (Å²) in [4.78, 5) is 10.6. The molecular formula is C8H12O2. The number of carboxylic acid groups (broad SMARTS) is 1. The van der Waals surface area contributed by atoms with Crippen LogP contribution in [0.15, 0.2) is 0 Å². The van der Waals surface area contributed by atoms with Crippen molar-refractivity contribution in [3.05, 3.63) is 0 Å². The zero-order chi connectivity index (χ0) is 7.14. The van der Waals surface area contributed by atoms with Gasteiger partial charge in [-0.05, 0) is 31.1 Å². The molecular weight excluding hydrogens is 128 g/mol. The van der Waals surface area contributed by atoms with Crippen molar-refractivity contribution >= 4 is 5.97 Å². The van der Waals surface area contributed by atoms with Crippen LogP contribution in [-0.4, -0.2) is 11.1 Å². The summed E-state index contributed by atoms with van der Waals surface area (Å²) in [5.41, 5.74) is 0. The molecule has 3 aliphatic carbocycles. The fraction of sp³-hybridized carbons (Fsp3) is 0.875. The number of carboxylic acids is 1. The van der Waals surface area contributed by atoms with Gasteiger partial charge in [0.05, 0.1) is 5.92 Å². The van der Waals surface area contributed by atoms with E-state index in [0.29, 0.717) is 11.8 Å². The monoisotopic (exact) mass is 140 g/mol. The van der Waals surface area contributed by atoms with Gasteiger partial charge in [-0.25, -0.2) is 0 Å². The lowest BCUT2D eigenvalue weighted by atomic mass is 9.57. The van der Waals surface area contributed by atoms with Gasteiger partial charge in [-0.2, -0.15) is 0 Å². The summed E-state index contributed by atoms with van der Waals surface area (Å²) < 4.78 is 0. The Morgan fingerprint density at radius 3 is 2.20 bits per heavy atom. The van der Waals surface area contributed by atoms with Gasteiger partial charge in [0.15, 0.2) is 0 Å². The van der Waals surface area contributed by atoms with Crippen molar-refractivity contribution < 1.29 is 9.90 Å². The van der Waals surface area contributed by atoms with Gasteiger partial charge >= 0.3 is 5.97 Å². The number of rotatable bonds is 1. The Balaban J connectivity index is 2.06. The molecule has 3 aliphatic rings. The summed E-state index contributed by atoms with van der Waals surface area (Å²) >= 11 is 0. The van der Waals surface area contributed by atoms with Crippen molar-refractivity contribution in [1.29, 1.82) is 0 Å². The zero-order valence-electron chi connectivity index (χ0n) is 5.92. The summed E-state index contributed by atoms with van der Waals surface area (Å²) in [6.07, 6.45) is 4.77. The Morgan fingerprint density at radius 1 is 1.30 bits per heavy atom. The van der Waals surface area contributed by atoms with Crippen LogP contribution in [0.2, 0.25) is 0 Å². The molecule has 0 amide bonds. The van der Waals surface area contributed by atoms with Crippen molar-refractivity contribution in [2.75, 3.05) is 0 Å². The Labute approximate surface area is 60.2 Å². The van der Waals surface area contributed by atoms with Gasteiger partial charge in [0, 0.05) is 0 Å². The minimum absolute atomic E-state index is 0.0359. The average Bonchev–Trinajstić information content (AvgIpc) is 1.87. The molecule has 0 saturated heterocycles. The summed E-state index contributed by atoms with van der Waals surface area (Å²) in [6.45, 7) is 0. The van der Waals surface area contributed by atoms with Crippen LogP contribution in [0, 0.1) is 17.8 Å². The highest BCUT2D eigenvalue weighted by molar-refractivity contribution is 5.72. The minimum Gasteiger partial charge on any atom is -0.481 e. The Morgan fingerprint density at radius 2 is 1.90 bits per heavy atom. The normalized spacial score (nSPS) is 44.2. The third-order valence-electron chi connectivity index (χ3n) is 3.06. The molecule has 0 aliphatic heterocycles. The lowest BCUT2D eigenvalue weighted by molar-refractivity contribution is -0.155. The zero-order valence-corrected chi connectivity index (χ0v) is 5.92. The second kappa shape index (κ2) is 1.97. The molecule has 1 N–H and O–H groups in total. The molecule has 2 bridgehead atoms. The number of hydrogen-bond acceptors (Lipinski definition) is 1. The molecule has 0 aromatic heterocycles. The van der Waals surface area contributed by atoms with E-state index in [9.17, 15) is 4.79 Å². The molecule has 0 aromatic carbocycles. The molecule has 2 atom stereocenters. The van der Waals surface area contributed by atoms with E-state index >= 15 is 0 Å². The molecule has 3 fully saturated rings. The fourth-order valence-corrected chi connectivity index (χ4v) is 2.51. The molecule has 56 valence electrons. The fourth-order valence-electron chi connectivity index (χ4n) is 2.51. The topological polar surface area (TPSA) is 37.3 Å². The second-order valence-corrected chi connectivity index (χ2v) is 3.55. The highest BCUT2D eigenvalue weighted by Crippen LogP contribution is 2.50. The highest BCUT2D eigenvalue weighted by Gasteiger charge is 2.47. The van der Waals surface area contributed by atoms with E-state index in [1.165, 1.54) is 12.8 Å². The number of carbonyl (C=O) groups is 1. The molecule has 2 heteroatoms. The first-order chi connectivity index (χ1) is 4.79. The van der Waals surface area contributed by atoms with Crippen LogP contribution in [0.3, 0.4) is 0 Å². The molecule has 2 nitrogen and oxygen atoms in total. The first-order valence-electron chi connectivity index (χ1n) is 4.02. The van der Waals surface area contributed by atoms with E-state index in [4.69, 9.17) is 5.11 Å². The number of hydrogen-bond donors (Lipinski definition) is 1.